The molecule has 0 amide bonds. The molecular weight excluding hydrogens is 739 g/mol. The first-order valence-electron chi connectivity index (χ1n) is 18.9. The molecule has 6 aliphatic heterocycles. The van der Waals surface area contributed by atoms with Crippen LogP contribution < -0.4 is 30.0 Å². The second-order valence-electron chi connectivity index (χ2n) is 15.7. The number of nitrogens with zero attached hydrogens (tertiary/aromatic N) is 2. The summed E-state index contributed by atoms with van der Waals surface area (Å²) < 4.78 is 30.7. The van der Waals surface area contributed by atoms with Crippen LogP contribution >= 0.6 is 11.8 Å². The van der Waals surface area contributed by atoms with Crippen molar-refractivity contribution in [2.75, 3.05) is 46.9 Å². The number of nitrogens with one attached hydrogen (secondary N) is 2. The summed E-state index contributed by atoms with van der Waals surface area (Å²) >= 11 is 1.50. The first kappa shape index (κ1) is 37.1. The van der Waals surface area contributed by atoms with E-state index in [1.54, 1.807) is 0 Å². The zero-order valence-electron chi connectivity index (χ0n) is 32.2. The fourth-order valence-corrected chi connectivity index (χ4v) is 11.7. The summed E-state index contributed by atoms with van der Waals surface area (Å²) in [6, 6.07) is 7.77. The van der Waals surface area contributed by atoms with E-state index >= 15 is 0 Å². The van der Waals surface area contributed by atoms with Crippen molar-refractivity contribution in [1.29, 1.82) is 0 Å². The van der Waals surface area contributed by atoms with Crippen molar-refractivity contribution in [2.24, 2.45) is 5.73 Å². The minimum atomic E-state index is -1.35. The maximum atomic E-state index is 15.0. The van der Waals surface area contributed by atoms with Crippen LogP contribution in [0.2, 0.25) is 0 Å². The number of thioether (sulfide) groups is 1. The summed E-state index contributed by atoms with van der Waals surface area (Å²) in [5.74, 6) is 0.770. The monoisotopic (exact) mass is 785 g/mol. The fourth-order valence-electron chi connectivity index (χ4n) is 10.1. The Morgan fingerprint density at radius 1 is 1.11 bits per heavy atom. The number of phenols is 1. The van der Waals surface area contributed by atoms with Crippen molar-refractivity contribution in [3.63, 3.8) is 0 Å². The van der Waals surface area contributed by atoms with Crippen molar-refractivity contribution in [3.05, 3.63) is 75.0 Å². The number of phenolic OH excluding ortho intramolecular Hbond substituents is 1. The molecule has 56 heavy (non-hydrogen) atoms. The van der Waals surface area contributed by atoms with Crippen LogP contribution in [0, 0.1) is 13.8 Å². The van der Waals surface area contributed by atoms with Gasteiger partial charge in [-0.3, -0.25) is 15.0 Å². The summed E-state index contributed by atoms with van der Waals surface area (Å²) in [4.78, 5) is 35.6. The van der Waals surface area contributed by atoms with Crippen molar-refractivity contribution in [3.8, 4) is 28.7 Å². The Morgan fingerprint density at radius 3 is 2.61 bits per heavy atom. The van der Waals surface area contributed by atoms with Crippen molar-refractivity contribution < 1.29 is 43.5 Å². The minimum absolute atomic E-state index is 0.000804. The van der Waals surface area contributed by atoms with Gasteiger partial charge in [0.1, 0.15) is 18.6 Å². The smallest absolute Gasteiger partial charge is 0.333 e. The van der Waals surface area contributed by atoms with Crippen LogP contribution in [0.5, 0.6) is 28.7 Å². The topological polar surface area (TPSA) is 181 Å². The number of hydrogen-bond acceptors (Lipinski definition) is 14. The maximum absolute atomic E-state index is 15.0. The van der Waals surface area contributed by atoms with Crippen molar-refractivity contribution in [1.82, 2.24) is 20.1 Å². The molecule has 0 saturated carbocycles. The van der Waals surface area contributed by atoms with E-state index in [4.69, 9.17) is 29.4 Å². The molecule has 6 N–H and O–H groups in total. The number of fused-ring (bicyclic) bond motifs is 8. The number of likely N-dealkylation sites (N-methyl/N-ethyl adjacent to an activating group) is 1. The summed E-state index contributed by atoms with van der Waals surface area (Å²) in [6.07, 6.45) is -0.321. The van der Waals surface area contributed by atoms with Crippen LogP contribution in [0.3, 0.4) is 0 Å². The summed E-state index contributed by atoms with van der Waals surface area (Å²) in [7, 11) is 5.42. The number of benzene rings is 3. The molecule has 7 heterocycles. The lowest BCUT2D eigenvalue weighted by atomic mass is 9.80. The van der Waals surface area contributed by atoms with Gasteiger partial charge in [0.2, 0.25) is 6.79 Å². The molecule has 10 rings (SSSR count). The summed E-state index contributed by atoms with van der Waals surface area (Å²) in [5.41, 5.74) is 11.7. The lowest BCUT2D eigenvalue weighted by molar-refractivity contribution is -0.159. The fraction of sp³-hybridized carbons (Fsp3) is 0.463. The molecule has 6 aliphatic rings. The Kier molecular flexibility index (Phi) is 8.98. The van der Waals surface area contributed by atoms with Gasteiger partial charge in [-0.1, -0.05) is 24.3 Å². The third-order valence-electron chi connectivity index (χ3n) is 12.3. The van der Waals surface area contributed by atoms with E-state index in [0.717, 1.165) is 33.3 Å². The average molecular weight is 786 g/mol. The number of para-hydroxylation sites is 1. The Morgan fingerprint density at radius 2 is 1.88 bits per heavy atom. The number of carbonyl (C=O) groups excluding carboxylic acids is 2. The number of aromatic nitrogens is 1. The summed E-state index contributed by atoms with van der Waals surface area (Å²) in [6.45, 7) is 5.11. The van der Waals surface area contributed by atoms with Crippen molar-refractivity contribution in [2.45, 2.75) is 74.8 Å². The van der Waals surface area contributed by atoms with E-state index in [2.05, 4.69) is 16.4 Å². The van der Waals surface area contributed by atoms with Crippen LogP contribution in [-0.4, -0.2) is 102 Å². The predicted octanol–water partition coefficient (Wildman–Crippen LogP) is 3.76. The number of carbonyl (C=O) groups is 2. The van der Waals surface area contributed by atoms with Gasteiger partial charge in [-0.15, -0.1) is 11.8 Å². The number of aliphatic hydroxyl groups is 1. The van der Waals surface area contributed by atoms with Gasteiger partial charge < -0.3 is 49.5 Å². The Labute approximate surface area is 328 Å². The molecular formula is C41H47N5O9S. The third kappa shape index (κ3) is 5.28. The van der Waals surface area contributed by atoms with E-state index in [-0.39, 0.29) is 43.9 Å². The van der Waals surface area contributed by atoms with Gasteiger partial charge in [-0.25, -0.2) is 4.79 Å². The SMILES string of the molecule is COc1c(C)cc2c(c1O)[C@H](N(C)C)[C@@H]1[C@@H]3SC[C@]4(N[C@@H](CN)Cc5c4[nH]c4ccccc54)C(=O)OC[C@@H](c4c5c(c(C)c(OC(C)=O)c43)OCO5)N1[C@@H](O)C2. The van der Waals surface area contributed by atoms with Crippen LogP contribution in [-0.2, 0) is 32.7 Å². The normalized spacial score (nSPS) is 28.0. The number of hydrogen-bond donors (Lipinski definition) is 5. The van der Waals surface area contributed by atoms with Crippen molar-refractivity contribution >= 4 is 34.6 Å². The molecule has 0 aliphatic carbocycles. The number of methoxy groups -OCH3 is 1. The summed E-state index contributed by atoms with van der Waals surface area (Å²) in [5, 5.41) is 28.7. The van der Waals surface area contributed by atoms with E-state index < -0.39 is 47.1 Å². The Hall–Kier alpha value is -4.51. The van der Waals surface area contributed by atoms with Crippen LogP contribution in [0.25, 0.3) is 10.9 Å². The number of aliphatic hydroxyl groups excluding tert-OH is 1. The van der Waals surface area contributed by atoms with Crippen LogP contribution in [0.4, 0.5) is 0 Å². The van der Waals surface area contributed by atoms with Gasteiger partial charge in [-0.2, -0.15) is 0 Å². The second-order valence-corrected chi connectivity index (χ2v) is 16.8. The number of aromatic hydroxyl groups is 1. The Bertz CT molecular complexity index is 2300. The second kappa shape index (κ2) is 13.6. The zero-order valence-corrected chi connectivity index (χ0v) is 33.0. The van der Waals surface area contributed by atoms with E-state index in [9.17, 15) is 19.8 Å². The number of aryl methyl sites for hydroxylation is 1. The highest BCUT2D eigenvalue weighted by Crippen LogP contribution is 2.63. The van der Waals surface area contributed by atoms with Gasteiger partial charge in [-0.05, 0) is 57.1 Å². The average Bonchev–Trinajstić information content (AvgIpc) is 3.78. The van der Waals surface area contributed by atoms with Gasteiger partial charge in [0.15, 0.2) is 28.5 Å². The van der Waals surface area contributed by atoms with Gasteiger partial charge in [0.05, 0.1) is 30.1 Å². The quantitative estimate of drug-likeness (QED) is 0.149. The zero-order chi connectivity index (χ0) is 39.4. The molecule has 4 aromatic rings. The highest BCUT2D eigenvalue weighted by molar-refractivity contribution is 7.99. The molecule has 296 valence electrons. The number of H-pyrrole nitrogens is 1. The lowest BCUT2D eigenvalue weighted by Crippen LogP contribution is -2.63. The molecule has 14 nitrogen and oxygen atoms in total. The molecule has 0 radical (unpaired) electrons. The molecule has 7 atom stereocenters. The highest BCUT2D eigenvalue weighted by Gasteiger charge is 2.58. The predicted molar refractivity (Wildman–Crippen MR) is 208 cm³/mol. The van der Waals surface area contributed by atoms with Gasteiger partial charge in [0, 0.05) is 70.9 Å². The number of rotatable bonds is 4. The molecule has 0 unspecified atom stereocenters. The first-order chi connectivity index (χ1) is 26.9. The van der Waals surface area contributed by atoms with Gasteiger partial charge >= 0.3 is 11.9 Å². The largest absolute Gasteiger partial charge is 0.504 e. The lowest BCUT2D eigenvalue weighted by Gasteiger charge is -2.53. The van der Waals surface area contributed by atoms with E-state index in [0.29, 0.717) is 51.7 Å². The molecule has 1 fully saturated rings. The molecule has 1 spiro atoms. The number of aromatic amines is 1. The van der Waals surface area contributed by atoms with E-state index in [1.807, 2.05) is 62.0 Å². The number of esters is 2. The van der Waals surface area contributed by atoms with E-state index in [1.165, 1.54) is 25.8 Å². The molecule has 15 heteroatoms. The molecule has 1 saturated heterocycles. The third-order valence-corrected chi connectivity index (χ3v) is 13.7. The first-order valence-corrected chi connectivity index (χ1v) is 20.0. The van der Waals surface area contributed by atoms with Gasteiger partial charge in [0.25, 0.3) is 0 Å². The number of ether oxygens (including phenoxy) is 5. The maximum Gasteiger partial charge on any atom is 0.333 e. The van der Waals surface area contributed by atoms with Crippen LogP contribution in [0.1, 0.15) is 68.9 Å². The molecule has 3 aromatic carbocycles. The highest BCUT2D eigenvalue weighted by atomic mass is 32.2. The molecule has 2 bridgehead atoms. The van der Waals surface area contributed by atoms with Crippen LogP contribution in [0.15, 0.2) is 30.3 Å². The number of nitrogens with two attached hydrogens (primary N) is 1. The Balaban J connectivity index is 1.33. The minimum Gasteiger partial charge on any atom is -0.504 e. The standard InChI is InChI=1S/C41H47N5O9S/c1-18-11-21-12-27(48)46-26-15-52-40(50)41(39-24(13-22(14-42)44-41)23-9-7-8-10-25(23)43-39)16-56-38(32(46)31(45(4)5)28(21)33(49)34(18)51-6)30-29(26)37-36(53-17-54-37)19(2)35(30)55-20(3)47/h7-11,22,26-27,31-32,38,43-44,48-49H,12-17,42H2,1-6H3/t22-,26+,27+,31+,32-,38-,41-/m1/s1. The molecule has 1 aromatic heterocycles.